The molecule has 5 rings (SSSR count). The van der Waals surface area contributed by atoms with E-state index >= 15 is 0 Å². The number of aliphatic hydroxyl groups excluding tert-OH is 1. The van der Waals surface area contributed by atoms with Gasteiger partial charge in [-0.15, -0.1) is 6.58 Å². The van der Waals surface area contributed by atoms with Crippen LogP contribution in [0.4, 0.5) is 0 Å². The Bertz CT molecular complexity index is 1640. The smallest absolute Gasteiger partial charge is 0.338 e. The molecule has 0 radical (unpaired) electrons. The Kier molecular flexibility index (Phi) is 9.42. The van der Waals surface area contributed by atoms with Crippen molar-refractivity contribution in [1.29, 1.82) is 0 Å². The molecule has 49 heavy (non-hydrogen) atoms. The van der Waals surface area contributed by atoms with Crippen molar-refractivity contribution in [2.75, 3.05) is 0 Å². The summed E-state index contributed by atoms with van der Waals surface area (Å²) in [6.07, 6.45) is -6.00. The molecule has 3 fully saturated rings. The summed E-state index contributed by atoms with van der Waals surface area (Å²) in [5.41, 5.74) is -6.32. The summed E-state index contributed by atoms with van der Waals surface area (Å²) >= 11 is 0. The zero-order valence-electron chi connectivity index (χ0n) is 28.6. The van der Waals surface area contributed by atoms with Crippen molar-refractivity contribution in [3.63, 3.8) is 0 Å². The van der Waals surface area contributed by atoms with Gasteiger partial charge in [-0.05, 0) is 48.9 Å². The predicted octanol–water partition coefficient (Wildman–Crippen LogP) is 4.24. The maximum Gasteiger partial charge on any atom is 0.338 e. The van der Waals surface area contributed by atoms with Crippen molar-refractivity contribution < 1.29 is 53.1 Å². The van der Waals surface area contributed by atoms with Crippen LogP contribution >= 0.6 is 0 Å². The number of carbonyl (C=O) groups is 5. The molecule has 3 saturated carbocycles. The van der Waals surface area contributed by atoms with Crippen molar-refractivity contribution in [3.05, 3.63) is 84.4 Å². The molecule has 0 aliphatic heterocycles. The second-order valence-corrected chi connectivity index (χ2v) is 14.6. The molecule has 0 amide bonds. The van der Waals surface area contributed by atoms with Gasteiger partial charge in [-0.25, -0.2) is 9.59 Å². The minimum Gasteiger partial charge on any atom is -0.459 e. The molecule has 2 aromatic rings. The standard InChI is InChI=1S/C38H44O11/c1-8-36(6)20-25(48-32(42)23-15-11-9-12-16-23)29-37(7)26(19-27(46-21(2)39)38(29,45)34(36)44)35(4,5)30(41)28(47-22(3)40)31(37)49-33(43)24-17-13-10-14-18-24/h8-18,25-31,41,45H,1,19-20H2,2-7H3/t25?,26-,27?,28?,29+,30?,31?,36-,37-,38-/m0/s1. The number of hydrogen-bond acceptors (Lipinski definition) is 11. The van der Waals surface area contributed by atoms with Gasteiger partial charge in [-0.2, -0.15) is 0 Å². The van der Waals surface area contributed by atoms with Gasteiger partial charge in [0.2, 0.25) is 0 Å². The topological polar surface area (TPSA) is 163 Å². The molecule has 0 saturated heterocycles. The Labute approximate surface area is 285 Å². The molecule has 2 N–H and O–H groups in total. The summed E-state index contributed by atoms with van der Waals surface area (Å²) in [6, 6.07) is 16.2. The number of rotatable bonds is 7. The summed E-state index contributed by atoms with van der Waals surface area (Å²) in [7, 11) is 0. The van der Waals surface area contributed by atoms with Gasteiger partial charge in [-0.3, -0.25) is 14.4 Å². The van der Waals surface area contributed by atoms with Crippen LogP contribution in [0, 0.1) is 28.1 Å². The molecule has 0 heterocycles. The van der Waals surface area contributed by atoms with Gasteiger partial charge >= 0.3 is 23.9 Å². The Morgan fingerprint density at radius 2 is 1.33 bits per heavy atom. The van der Waals surface area contributed by atoms with Gasteiger partial charge in [0.15, 0.2) is 17.5 Å². The quantitative estimate of drug-likeness (QED) is 0.245. The highest BCUT2D eigenvalue weighted by Crippen LogP contribution is 2.67. The molecule has 0 aromatic heterocycles. The van der Waals surface area contributed by atoms with Crippen LogP contribution in [0.25, 0.3) is 0 Å². The van der Waals surface area contributed by atoms with Crippen LogP contribution in [0.2, 0.25) is 0 Å². The Hall–Kier alpha value is -4.35. The number of carbonyl (C=O) groups excluding carboxylic acids is 5. The van der Waals surface area contributed by atoms with Crippen LogP contribution in [-0.4, -0.2) is 76.0 Å². The molecule has 11 heteroatoms. The second kappa shape index (κ2) is 12.8. The lowest BCUT2D eigenvalue weighted by molar-refractivity contribution is -0.313. The zero-order valence-corrected chi connectivity index (χ0v) is 28.6. The molecular formula is C38H44O11. The van der Waals surface area contributed by atoms with Crippen LogP contribution in [0.1, 0.15) is 75.1 Å². The number of fused-ring (bicyclic) bond motifs is 3. The van der Waals surface area contributed by atoms with Crippen LogP contribution in [0.5, 0.6) is 0 Å². The van der Waals surface area contributed by atoms with E-state index in [1.54, 1.807) is 76.2 Å². The zero-order chi connectivity index (χ0) is 36.1. The van der Waals surface area contributed by atoms with Gasteiger partial charge in [0, 0.05) is 31.6 Å². The maximum atomic E-state index is 14.7. The first kappa shape index (κ1) is 35.9. The third kappa shape index (κ3) is 5.86. The van der Waals surface area contributed by atoms with Gasteiger partial charge in [0.25, 0.3) is 0 Å². The fraction of sp³-hybridized carbons (Fsp3) is 0.500. The normalized spacial score (nSPS) is 36.2. The first-order valence-corrected chi connectivity index (χ1v) is 16.4. The van der Waals surface area contributed by atoms with Crippen LogP contribution < -0.4 is 0 Å². The number of ketones is 1. The SMILES string of the molecule is C=C[C@@]1(C)CC(OC(=O)c2ccccc2)[C@@H]2[C@@]3(C)C(OC(=O)c4ccccc4)C(OC(C)=O)C(O)C(C)(C)[C@@H]3CC(OC(C)=O)[C@@]2(O)C1=O. The molecule has 11 nitrogen and oxygen atoms in total. The minimum absolute atomic E-state index is 0.128. The third-order valence-corrected chi connectivity index (χ3v) is 11.2. The van der Waals surface area contributed by atoms with Gasteiger partial charge in [0.1, 0.15) is 24.4 Å². The fourth-order valence-corrected chi connectivity index (χ4v) is 8.90. The molecule has 0 spiro atoms. The van der Waals surface area contributed by atoms with Crippen molar-refractivity contribution in [1.82, 2.24) is 0 Å². The van der Waals surface area contributed by atoms with Gasteiger partial charge < -0.3 is 29.2 Å². The number of Topliss-reactive ketones (excluding diaryl/α,β-unsaturated/α-hetero) is 1. The number of ether oxygens (including phenoxy) is 4. The largest absolute Gasteiger partial charge is 0.459 e. The van der Waals surface area contributed by atoms with Crippen molar-refractivity contribution in [3.8, 4) is 0 Å². The van der Waals surface area contributed by atoms with E-state index in [4.69, 9.17) is 18.9 Å². The van der Waals surface area contributed by atoms with Crippen LogP contribution in [0.3, 0.4) is 0 Å². The van der Waals surface area contributed by atoms with Crippen LogP contribution in [0.15, 0.2) is 73.3 Å². The lowest BCUT2D eigenvalue weighted by Gasteiger charge is -2.69. The molecule has 262 valence electrons. The Balaban J connectivity index is 1.79. The Morgan fingerprint density at radius 3 is 1.82 bits per heavy atom. The summed E-state index contributed by atoms with van der Waals surface area (Å²) in [4.78, 5) is 67.4. The lowest BCUT2D eigenvalue weighted by Crippen LogP contribution is -2.80. The maximum absolute atomic E-state index is 14.7. The summed E-state index contributed by atoms with van der Waals surface area (Å²) in [5, 5.41) is 24.9. The second-order valence-electron chi connectivity index (χ2n) is 14.6. The van der Waals surface area contributed by atoms with E-state index in [2.05, 4.69) is 6.58 Å². The molecular weight excluding hydrogens is 632 g/mol. The highest BCUT2D eigenvalue weighted by atomic mass is 16.6. The predicted molar refractivity (Wildman–Crippen MR) is 175 cm³/mol. The third-order valence-electron chi connectivity index (χ3n) is 11.2. The first-order chi connectivity index (χ1) is 22.9. The van der Waals surface area contributed by atoms with E-state index in [0.717, 1.165) is 13.8 Å². The summed E-state index contributed by atoms with van der Waals surface area (Å²) < 4.78 is 23.9. The molecule has 10 atom stereocenters. The molecule has 3 aliphatic carbocycles. The van der Waals surface area contributed by atoms with Crippen LogP contribution in [-0.2, 0) is 33.3 Å². The number of allylic oxidation sites excluding steroid dienone is 1. The van der Waals surface area contributed by atoms with E-state index in [9.17, 15) is 34.2 Å². The first-order valence-electron chi connectivity index (χ1n) is 16.4. The van der Waals surface area contributed by atoms with Crippen molar-refractivity contribution >= 4 is 29.7 Å². The van der Waals surface area contributed by atoms with E-state index in [1.165, 1.54) is 18.2 Å². The molecule has 5 unspecified atom stereocenters. The highest BCUT2D eigenvalue weighted by molar-refractivity contribution is 5.97. The monoisotopic (exact) mass is 676 g/mol. The summed E-state index contributed by atoms with van der Waals surface area (Å²) in [5.74, 6) is -5.99. The van der Waals surface area contributed by atoms with Crippen molar-refractivity contribution in [2.45, 2.75) is 90.5 Å². The average molecular weight is 677 g/mol. The number of esters is 4. The highest BCUT2D eigenvalue weighted by Gasteiger charge is 2.78. The average Bonchev–Trinajstić information content (AvgIpc) is 3.05. The molecule has 3 aliphatic rings. The van der Waals surface area contributed by atoms with E-state index < -0.39 is 93.9 Å². The van der Waals surface area contributed by atoms with E-state index in [0.29, 0.717) is 0 Å². The number of hydrogen-bond donors (Lipinski definition) is 2. The number of aliphatic hydroxyl groups is 2. The molecule has 2 aromatic carbocycles. The van der Waals surface area contributed by atoms with Gasteiger partial charge in [-0.1, -0.05) is 63.2 Å². The van der Waals surface area contributed by atoms with E-state index in [1.807, 2.05) is 0 Å². The summed E-state index contributed by atoms with van der Waals surface area (Å²) in [6.45, 7) is 12.9. The van der Waals surface area contributed by atoms with E-state index in [-0.39, 0.29) is 24.0 Å². The Morgan fingerprint density at radius 1 is 0.816 bits per heavy atom. The molecule has 0 bridgehead atoms. The lowest BCUT2D eigenvalue weighted by atomic mass is 9.38. The van der Waals surface area contributed by atoms with Gasteiger partial charge in [0.05, 0.1) is 16.5 Å². The van der Waals surface area contributed by atoms with Crippen molar-refractivity contribution in [2.24, 2.45) is 28.1 Å². The number of benzene rings is 2. The fourth-order valence-electron chi connectivity index (χ4n) is 8.90. The minimum atomic E-state index is -2.52.